The number of carbonyl (C=O) groups excluding carboxylic acids is 2. The van der Waals surface area contributed by atoms with E-state index in [4.69, 9.17) is 19.8 Å². The van der Waals surface area contributed by atoms with E-state index >= 15 is 8.78 Å². The SMILES string of the molecule is C=CC(=O)N1CCn2nc(-c3nc(-c4cnc5c(c4)CN(CC(=O)N(C)C)CC5)c4c(F)csc4c3-c3c(F)cc(F)cc3OC)cc2[C@H]1C. The van der Waals surface area contributed by atoms with Gasteiger partial charge in [-0.2, -0.15) is 5.10 Å². The number of nitrogens with zero attached hydrogens (tertiary/aromatic N) is 7. The maximum atomic E-state index is 15.9. The molecule has 0 radical (unpaired) electrons. The highest BCUT2D eigenvalue weighted by Gasteiger charge is 2.32. The second-order valence-electron chi connectivity index (χ2n) is 12.6. The van der Waals surface area contributed by atoms with Crippen LogP contribution in [0.25, 0.3) is 43.9 Å². The first-order valence-corrected chi connectivity index (χ1v) is 16.9. The van der Waals surface area contributed by atoms with Crippen molar-refractivity contribution in [2.24, 2.45) is 0 Å². The third-order valence-electron chi connectivity index (χ3n) is 9.37. The molecule has 0 fully saturated rings. The minimum Gasteiger partial charge on any atom is -0.496 e. The van der Waals surface area contributed by atoms with Gasteiger partial charge in [0.1, 0.15) is 34.6 Å². The molecule has 1 aromatic carbocycles. The number of fused-ring (bicyclic) bond motifs is 3. The van der Waals surface area contributed by atoms with Gasteiger partial charge in [-0.25, -0.2) is 18.2 Å². The summed E-state index contributed by atoms with van der Waals surface area (Å²) in [5.41, 5.74) is 4.01. The lowest BCUT2D eigenvalue weighted by atomic mass is 9.95. The van der Waals surface area contributed by atoms with E-state index in [-0.39, 0.29) is 58.1 Å². The van der Waals surface area contributed by atoms with Crippen molar-refractivity contribution in [3.63, 3.8) is 0 Å². The van der Waals surface area contributed by atoms with Crippen LogP contribution in [0.5, 0.6) is 5.75 Å². The van der Waals surface area contributed by atoms with Gasteiger partial charge in [0.15, 0.2) is 0 Å². The number of benzene rings is 1. The fourth-order valence-corrected chi connectivity index (χ4v) is 7.74. The lowest BCUT2D eigenvalue weighted by molar-refractivity contribution is -0.130. The van der Waals surface area contributed by atoms with E-state index in [1.165, 1.54) is 18.6 Å². The normalized spacial score (nSPS) is 15.9. The molecule has 258 valence electrons. The average molecular weight is 702 g/mol. The van der Waals surface area contributed by atoms with Crippen molar-refractivity contribution < 1.29 is 27.5 Å². The zero-order valence-corrected chi connectivity index (χ0v) is 28.8. The highest BCUT2D eigenvalue weighted by molar-refractivity contribution is 7.18. The molecule has 0 saturated heterocycles. The first-order valence-electron chi connectivity index (χ1n) is 16.0. The number of ether oxygens (including phenoxy) is 1. The van der Waals surface area contributed by atoms with Crippen LogP contribution in [-0.4, -0.2) is 87.1 Å². The van der Waals surface area contributed by atoms with Gasteiger partial charge in [0.05, 0.1) is 48.6 Å². The molecule has 5 aromatic rings. The molecule has 10 nitrogen and oxygen atoms in total. The molecule has 2 aliphatic rings. The Bertz CT molecular complexity index is 2200. The fraction of sp³-hybridized carbons (Fsp3) is 0.306. The Morgan fingerprint density at radius 2 is 1.88 bits per heavy atom. The number of amides is 2. The first-order chi connectivity index (χ1) is 24.0. The molecule has 4 aromatic heterocycles. The van der Waals surface area contributed by atoms with E-state index < -0.39 is 17.5 Å². The lowest BCUT2D eigenvalue weighted by Gasteiger charge is -2.33. The van der Waals surface area contributed by atoms with Crippen LogP contribution in [0, 0.1) is 17.5 Å². The molecule has 2 amide bonds. The standard InChI is InChI=1S/C36H34F3N7O3S/c1-6-29(47)45-9-10-46-27(19(45)2)14-26(42-46)35-33(31-23(38)12-22(37)13-28(31)49-5)36-32(24(39)18-50-36)34(41-35)20-11-21-16-44(17-30(48)43(3)4)8-7-25(21)40-15-20/h6,11-15,18-19H,1,7-10,16-17H2,2-5H3/t19-/m1/s1. The molecule has 0 unspecified atom stereocenters. The summed E-state index contributed by atoms with van der Waals surface area (Å²) >= 11 is 1.07. The topological polar surface area (TPSA) is 96.7 Å². The first kappa shape index (κ1) is 33.4. The summed E-state index contributed by atoms with van der Waals surface area (Å²) in [6.07, 6.45) is 3.56. The monoisotopic (exact) mass is 701 g/mol. The number of methoxy groups -OCH3 is 1. The molecule has 1 atom stereocenters. The summed E-state index contributed by atoms with van der Waals surface area (Å²) in [6.45, 7) is 7.70. The minimum absolute atomic E-state index is 0.0148. The number of aromatic nitrogens is 4. The highest BCUT2D eigenvalue weighted by Crippen LogP contribution is 2.48. The molecule has 14 heteroatoms. The molecular formula is C36H34F3N7O3S. The molecule has 0 spiro atoms. The summed E-state index contributed by atoms with van der Waals surface area (Å²) in [7, 11) is 4.74. The zero-order valence-electron chi connectivity index (χ0n) is 28.0. The van der Waals surface area contributed by atoms with Crippen LogP contribution < -0.4 is 4.74 Å². The van der Waals surface area contributed by atoms with E-state index in [1.54, 1.807) is 40.8 Å². The van der Waals surface area contributed by atoms with Crippen molar-refractivity contribution in [3.05, 3.63) is 82.9 Å². The number of hydrogen-bond acceptors (Lipinski definition) is 8. The number of thiophene rings is 1. The van der Waals surface area contributed by atoms with Gasteiger partial charge in [0.2, 0.25) is 11.8 Å². The minimum atomic E-state index is -0.907. The quantitative estimate of drug-likeness (QED) is 0.197. The molecule has 2 aliphatic heterocycles. The zero-order chi connectivity index (χ0) is 35.4. The second kappa shape index (κ2) is 13.0. The Balaban J connectivity index is 1.45. The maximum Gasteiger partial charge on any atom is 0.246 e. The highest BCUT2D eigenvalue weighted by atomic mass is 32.1. The van der Waals surface area contributed by atoms with Gasteiger partial charge in [-0.3, -0.25) is 24.2 Å². The van der Waals surface area contributed by atoms with E-state index in [1.807, 2.05) is 17.9 Å². The average Bonchev–Trinajstić information content (AvgIpc) is 3.71. The third-order valence-corrected chi connectivity index (χ3v) is 10.3. The molecule has 0 saturated carbocycles. The Labute approximate surface area is 290 Å². The summed E-state index contributed by atoms with van der Waals surface area (Å²) in [6, 6.07) is 5.17. The van der Waals surface area contributed by atoms with Crippen molar-refractivity contribution in [2.75, 3.05) is 40.8 Å². The molecule has 0 bridgehead atoms. The third kappa shape index (κ3) is 5.71. The van der Waals surface area contributed by atoms with Crippen LogP contribution in [0.15, 0.2) is 48.5 Å². The van der Waals surface area contributed by atoms with Gasteiger partial charge in [0, 0.05) is 85.4 Å². The van der Waals surface area contributed by atoms with Crippen LogP contribution in [0.2, 0.25) is 0 Å². The molecular weight excluding hydrogens is 668 g/mol. The van der Waals surface area contributed by atoms with E-state index in [0.29, 0.717) is 48.6 Å². The van der Waals surface area contributed by atoms with Crippen molar-refractivity contribution >= 4 is 33.2 Å². The summed E-state index contributed by atoms with van der Waals surface area (Å²) in [4.78, 5) is 40.1. The van der Waals surface area contributed by atoms with Crippen molar-refractivity contribution in [1.29, 1.82) is 0 Å². The van der Waals surface area contributed by atoms with Gasteiger partial charge in [-0.1, -0.05) is 6.58 Å². The largest absolute Gasteiger partial charge is 0.496 e. The predicted octanol–water partition coefficient (Wildman–Crippen LogP) is 5.85. The molecule has 6 heterocycles. The van der Waals surface area contributed by atoms with Crippen LogP contribution in [-0.2, 0) is 29.1 Å². The number of halogens is 3. The van der Waals surface area contributed by atoms with Crippen LogP contribution >= 0.6 is 11.3 Å². The lowest BCUT2D eigenvalue weighted by Crippen LogP contribution is -2.40. The van der Waals surface area contributed by atoms with Gasteiger partial charge in [0.25, 0.3) is 0 Å². The van der Waals surface area contributed by atoms with Gasteiger partial charge in [-0.15, -0.1) is 11.3 Å². The Morgan fingerprint density at radius 3 is 2.62 bits per heavy atom. The molecule has 7 rings (SSSR count). The molecule has 50 heavy (non-hydrogen) atoms. The number of likely N-dealkylation sites (N-methyl/N-ethyl adjacent to an activating group) is 1. The maximum absolute atomic E-state index is 15.9. The number of rotatable bonds is 7. The van der Waals surface area contributed by atoms with Gasteiger partial charge in [-0.05, 0) is 30.7 Å². The smallest absolute Gasteiger partial charge is 0.246 e. The summed E-state index contributed by atoms with van der Waals surface area (Å²) < 4.78 is 53.9. The van der Waals surface area contributed by atoms with E-state index in [2.05, 4.69) is 6.58 Å². The number of hydrogen-bond donors (Lipinski definition) is 0. The van der Waals surface area contributed by atoms with Crippen molar-refractivity contribution in [3.8, 4) is 39.5 Å². The second-order valence-corrected chi connectivity index (χ2v) is 13.5. The van der Waals surface area contributed by atoms with Gasteiger partial charge < -0.3 is 14.5 Å². The Hall–Kier alpha value is -5.08. The van der Waals surface area contributed by atoms with E-state index in [9.17, 15) is 14.0 Å². The van der Waals surface area contributed by atoms with Crippen LogP contribution in [0.4, 0.5) is 13.2 Å². The van der Waals surface area contributed by atoms with Gasteiger partial charge >= 0.3 is 0 Å². The summed E-state index contributed by atoms with van der Waals surface area (Å²) in [5.74, 6) is -2.62. The fourth-order valence-electron chi connectivity index (χ4n) is 6.77. The van der Waals surface area contributed by atoms with Crippen molar-refractivity contribution in [2.45, 2.75) is 32.5 Å². The van der Waals surface area contributed by atoms with Crippen molar-refractivity contribution in [1.82, 2.24) is 34.4 Å². The predicted molar refractivity (Wildman–Crippen MR) is 184 cm³/mol. The number of carbonyl (C=O) groups is 2. The Morgan fingerprint density at radius 1 is 1.08 bits per heavy atom. The van der Waals surface area contributed by atoms with Crippen LogP contribution in [0.1, 0.15) is 29.9 Å². The molecule has 0 aliphatic carbocycles. The molecule has 0 N–H and O–H groups in total. The summed E-state index contributed by atoms with van der Waals surface area (Å²) in [5, 5.41) is 6.34. The Kier molecular flexibility index (Phi) is 8.68. The van der Waals surface area contributed by atoms with Crippen LogP contribution in [0.3, 0.4) is 0 Å². The van der Waals surface area contributed by atoms with E-state index in [0.717, 1.165) is 40.4 Å². The number of pyridine rings is 2.